The minimum absolute atomic E-state index is 0.248. The van der Waals surface area contributed by atoms with Crippen molar-refractivity contribution in [1.29, 1.82) is 0 Å². The predicted molar refractivity (Wildman–Crippen MR) is 71.7 cm³/mol. The molecule has 0 amide bonds. The van der Waals surface area contributed by atoms with Gasteiger partial charge in [0.05, 0.1) is 13.2 Å². The Morgan fingerprint density at radius 2 is 1.95 bits per heavy atom. The van der Waals surface area contributed by atoms with E-state index in [4.69, 9.17) is 9.15 Å². The lowest BCUT2D eigenvalue weighted by atomic mass is 10.2. The van der Waals surface area contributed by atoms with E-state index in [1.54, 1.807) is 19.1 Å². The predicted octanol–water partition coefficient (Wildman–Crippen LogP) is 2.75. The quantitative estimate of drug-likeness (QED) is 0.810. The summed E-state index contributed by atoms with van der Waals surface area (Å²) in [4.78, 5) is 11.4. The van der Waals surface area contributed by atoms with Crippen molar-refractivity contribution in [2.75, 3.05) is 6.61 Å². The molecule has 0 saturated carbocycles. The number of carbonyl (C=O) groups excluding carboxylic acids is 1. The van der Waals surface area contributed by atoms with Gasteiger partial charge < -0.3 is 14.5 Å². The summed E-state index contributed by atoms with van der Waals surface area (Å²) in [6.07, 6.45) is 0. The van der Waals surface area contributed by atoms with Crippen molar-refractivity contribution in [3.63, 3.8) is 0 Å². The molecule has 1 aromatic heterocycles. The third kappa shape index (κ3) is 3.96. The maximum Gasteiger partial charge on any atom is 0.374 e. The molecule has 0 aliphatic carbocycles. The van der Waals surface area contributed by atoms with Crippen molar-refractivity contribution < 1.29 is 13.9 Å². The van der Waals surface area contributed by atoms with Gasteiger partial charge in [-0.2, -0.15) is 0 Å². The molecule has 0 atom stereocenters. The highest BCUT2D eigenvalue weighted by Gasteiger charge is 2.11. The van der Waals surface area contributed by atoms with Gasteiger partial charge in [0.1, 0.15) is 5.76 Å². The van der Waals surface area contributed by atoms with Crippen LogP contribution in [0.25, 0.3) is 0 Å². The first-order valence-corrected chi connectivity index (χ1v) is 6.30. The molecule has 1 heterocycles. The van der Waals surface area contributed by atoms with Crippen molar-refractivity contribution in [3.05, 3.63) is 59.5 Å². The normalized spacial score (nSPS) is 10.4. The fourth-order valence-corrected chi connectivity index (χ4v) is 1.71. The maximum atomic E-state index is 11.4. The Bertz CT molecular complexity index is 519. The average Bonchev–Trinajstić information content (AvgIpc) is 2.89. The molecule has 0 aliphatic heterocycles. The van der Waals surface area contributed by atoms with Crippen LogP contribution in [0.2, 0.25) is 0 Å². The van der Waals surface area contributed by atoms with E-state index in [-0.39, 0.29) is 5.76 Å². The van der Waals surface area contributed by atoms with Gasteiger partial charge in [0.25, 0.3) is 0 Å². The van der Waals surface area contributed by atoms with Crippen LogP contribution in [0.5, 0.6) is 0 Å². The SMILES string of the molecule is CCOC(=O)c1ccc(CNCc2ccccc2)o1. The second-order valence-electron chi connectivity index (χ2n) is 4.08. The summed E-state index contributed by atoms with van der Waals surface area (Å²) >= 11 is 0. The number of hydrogen-bond acceptors (Lipinski definition) is 4. The van der Waals surface area contributed by atoms with Crippen molar-refractivity contribution in [1.82, 2.24) is 5.32 Å². The van der Waals surface area contributed by atoms with Crippen molar-refractivity contribution in [2.24, 2.45) is 0 Å². The Morgan fingerprint density at radius 1 is 1.16 bits per heavy atom. The molecule has 0 unspecified atom stereocenters. The zero-order valence-electron chi connectivity index (χ0n) is 10.9. The van der Waals surface area contributed by atoms with E-state index >= 15 is 0 Å². The fraction of sp³-hybridized carbons (Fsp3) is 0.267. The molecule has 4 heteroatoms. The lowest BCUT2D eigenvalue weighted by Crippen LogP contribution is -2.12. The number of ether oxygens (including phenoxy) is 1. The van der Waals surface area contributed by atoms with Crippen LogP contribution in [0.1, 0.15) is 28.8 Å². The van der Waals surface area contributed by atoms with Crippen molar-refractivity contribution >= 4 is 5.97 Å². The van der Waals surface area contributed by atoms with Gasteiger partial charge in [-0.3, -0.25) is 0 Å². The standard InChI is InChI=1S/C15H17NO3/c1-2-18-15(17)14-9-8-13(19-14)11-16-10-12-6-4-3-5-7-12/h3-9,16H,2,10-11H2,1H3. The van der Waals surface area contributed by atoms with Gasteiger partial charge in [-0.25, -0.2) is 4.79 Å². The number of carbonyl (C=O) groups is 1. The molecule has 2 rings (SSSR count). The molecular weight excluding hydrogens is 242 g/mol. The summed E-state index contributed by atoms with van der Waals surface area (Å²) < 4.78 is 10.3. The van der Waals surface area contributed by atoms with E-state index in [0.717, 1.165) is 12.3 Å². The highest BCUT2D eigenvalue weighted by molar-refractivity contribution is 5.86. The van der Waals surface area contributed by atoms with Gasteiger partial charge in [0, 0.05) is 6.54 Å². The monoisotopic (exact) mass is 259 g/mol. The summed E-state index contributed by atoms with van der Waals surface area (Å²) in [5.41, 5.74) is 1.21. The number of nitrogens with one attached hydrogen (secondary N) is 1. The minimum atomic E-state index is -0.420. The van der Waals surface area contributed by atoms with Gasteiger partial charge in [-0.1, -0.05) is 30.3 Å². The van der Waals surface area contributed by atoms with Gasteiger partial charge in [-0.15, -0.1) is 0 Å². The van der Waals surface area contributed by atoms with E-state index in [2.05, 4.69) is 17.4 Å². The third-order valence-corrected chi connectivity index (χ3v) is 2.61. The largest absolute Gasteiger partial charge is 0.460 e. The van der Waals surface area contributed by atoms with Crippen LogP contribution in [0.3, 0.4) is 0 Å². The molecule has 0 radical (unpaired) electrons. The Hall–Kier alpha value is -2.07. The summed E-state index contributed by atoms with van der Waals surface area (Å²) in [6, 6.07) is 13.5. The van der Waals surface area contributed by atoms with Gasteiger partial charge >= 0.3 is 5.97 Å². The maximum absolute atomic E-state index is 11.4. The van der Waals surface area contributed by atoms with Crippen LogP contribution in [0.15, 0.2) is 46.9 Å². The molecule has 0 fully saturated rings. The first kappa shape index (κ1) is 13.4. The molecule has 4 nitrogen and oxygen atoms in total. The van der Waals surface area contributed by atoms with Gasteiger partial charge in [-0.05, 0) is 24.6 Å². The van der Waals surface area contributed by atoms with E-state index in [1.165, 1.54) is 5.56 Å². The van der Waals surface area contributed by atoms with E-state index in [0.29, 0.717) is 13.2 Å². The molecule has 0 aliphatic rings. The number of rotatable bonds is 6. The fourth-order valence-electron chi connectivity index (χ4n) is 1.71. The lowest BCUT2D eigenvalue weighted by Gasteiger charge is -2.02. The molecule has 100 valence electrons. The topological polar surface area (TPSA) is 51.5 Å². The molecule has 0 saturated heterocycles. The molecular formula is C15H17NO3. The first-order chi connectivity index (χ1) is 9.29. The second-order valence-corrected chi connectivity index (χ2v) is 4.08. The first-order valence-electron chi connectivity index (χ1n) is 6.30. The van der Waals surface area contributed by atoms with E-state index in [9.17, 15) is 4.79 Å². The Labute approximate surface area is 112 Å². The number of furan rings is 1. The Balaban J connectivity index is 1.82. The second kappa shape index (κ2) is 6.75. The minimum Gasteiger partial charge on any atom is -0.460 e. The summed E-state index contributed by atoms with van der Waals surface area (Å²) in [5.74, 6) is 0.550. The third-order valence-electron chi connectivity index (χ3n) is 2.61. The molecule has 19 heavy (non-hydrogen) atoms. The summed E-state index contributed by atoms with van der Waals surface area (Å²) in [7, 11) is 0. The molecule has 1 aromatic carbocycles. The van der Waals surface area contributed by atoms with E-state index < -0.39 is 5.97 Å². The lowest BCUT2D eigenvalue weighted by molar-refractivity contribution is 0.0488. The van der Waals surface area contributed by atoms with Crippen molar-refractivity contribution in [3.8, 4) is 0 Å². The molecule has 1 N–H and O–H groups in total. The van der Waals surface area contributed by atoms with Crippen LogP contribution >= 0.6 is 0 Å². The summed E-state index contributed by atoms with van der Waals surface area (Å²) in [6.45, 7) is 3.45. The highest BCUT2D eigenvalue weighted by Crippen LogP contribution is 2.09. The van der Waals surface area contributed by atoms with Crippen LogP contribution < -0.4 is 5.32 Å². The van der Waals surface area contributed by atoms with Crippen LogP contribution in [0.4, 0.5) is 0 Å². The van der Waals surface area contributed by atoms with Crippen LogP contribution in [-0.4, -0.2) is 12.6 Å². The number of esters is 1. The van der Waals surface area contributed by atoms with Crippen LogP contribution in [0, 0.1) is 0 Å². The average molecular weight is 259 g/mol. The number of hydrogen-bond donors (Lipinski definition) is 1. The highest BCUT2D eigenvalue weighted by atomic mass is 16.5. The molecule has 0 bridgehead atoms. The molecule has 2 aromatic rings. The molecule has 0 spiro atoms. The zero-order valence-corrected chi connectivity index (χ0v) is 10.9. The summed E-state index contributed by atoms with van der Waals surface area (Å²) in [5, 5.41) is 3.26. The Kier molecular flexibility index (Phi) is 4.75. The van der Waals surface area contributed by atoms with Gasteiger partial charge in [0.15, 0.2) is 0 Å². The van der Waals surface area contributed by atoms with Crippen molar-refractivity contribution in [2.45, 2.75) is 20.0 Å². The zero-order chi connectivity index (χ0) is 13.5. The Morgan fingerprint density at radius 3 is 2.68 bits per heavy atom. The van der Waals surface area contributed by atoms with E-state index in [1.807, 2.05) is 18.2 Å². The smallest absolute Gasteiger partial charge is 0.374 e. The van der Waals surface area contributed by atoms with Gasteiger partial charge in [0.2, 0.25) is 5.76 Å². The van der Waals surface area contributed by atoms with Crippen LogP contribution in [-0.2, 0) is 17.8 Å². The number of benzene rings is 1.